The molecule has 0 fully saturated rings. The highest BCUT2D eigenvalue weighted by Gasteiger charge is 2.13. The largest absolute Gasteiger partial charge is 0.497 e. The van der Waals surface area contributed by atoms with Crippen LogP contribution in [0, 0.1) is 0 Å². The summed E-state index contributed by atoms with van der Waals surface area (Å²) in [5.74, 6) is 2.51. The Kier molecular flexibility index (Phi) is 5.31. The predicted molar refractivity (Wildman–Crippen MR) is 125 cm³/mol. The van der Waals surface area contributed by atoms with Crippen molar-refractivity contribution in [2.45, 2.75) is 0 Å². The first kappa shape index (κ1) is 19.8. The van der Waals surface area contributed by atoms with Gasteiger partial charge in [0.2, 0.25) is 0 Å². The van der Waals surface area contributed by atoms with E-state index in [1.54, 1.807) is 31.4 Å². The van der Waals surface area contributed by atoms with E-state index < -0.39 is 0 Å². The molecule has 0 saturated heterocycles. The van der Waals surface area contributed by atoms with Gasteiger partial charge < -0.3 is 13.9 Å². The molecule has 1 amide bonds. The van der Waals surface area contributed by atoms with E-state index in [4.69, 9.17) is 13.9 Å². The van der Waals surface area contributed by atoms with Crippen molar-refractivity contribution < 1.29 is 18.7 Å². The zero-order valence-corrected chi connectivity index (χ0v) is 17.9. The number of rotatable bonds is 6. The highest BCUT2D eigenvalue weighted by molar-refractivity contribution is 7.14. The number of thiazole rings is 1. The number of carbonyl (C=O) groups is 1. The number of hydrogen-bond donors (Lipinski definition) is 1. The number of anilines is 1. The average Bonchev–Trinajstić information content (AvgIpc) is 3.46. The topological polar surface area (TPSA) is 73.6 Å². The molecule has 0 spiro atoms. The van der Waals surface area contributed by atoms with Crippen molar-refractivity contribution in [1.29, 1.82) is 0 Å². The number of carbonyl (C=O) groups excluding carboxylic acids is 1. The second kappa shape index (κ2) is 8.56. The van der Waals surface area contributed by atoms with Crippen LogP contribution in [0.3, 0.4) is 0 Å². The number of para-hydroxylation sites is 1. The summed E-state index contributed by atoms with van der Waals surface area (Å²) in [5, 5.41) is 6.13. The van der Waals surface area contributed by atoms with E-state index in [1.165, 1.54) is 11.3 Å². The van der Waals surface area contributed by atoms with Crippen LogP contribution in [0.25, 0.3) is 22.4 Å². The molecule has 6 nitrogen and oxygen atoms in total. The van der Waals surface area contributed by atoms with Gasteiger partial charge in [-0.05, 0) is 54.6 Å². The van der Waals surface area contributed by atoms with E-state index in [1.807, 2.05) is 60.0 Å². The van der Waals surface area contributed by atoms with Gasteiger partial charge in [0, 0.05) is 22.4 Å². The van der Waals surface area contributed by atoms with E-state index in [0.717, 1.165) is 22.5 Å². The van der Waals surface area contributed by atoms with Gasteiger partial charge in [-0.3, -0.25) is 10.1 Å². The number of fused-ring (bicyclic) bond motifs is 1. The number of furan rings is 1. The quantitative estimate of drug-likeness (QED) is 0.320. The molecule has 2 heterocycles. The molecule has 0 saturated carbocycles. The fourth-order valence-electron chi connectivity index (χ4n) is 3.18. The minimum absolute atomic E-state index is 0.244. The Morgan fingerprint density at radius 1 is 0.938 bits per heavy atom. The van der Waals surface area contributed by atoms with Crippen LogP contribution < -0.4 is 14.8 Å². The lowest BCUT2D eigenvalue weighted by molar-refractivity contribution is 0.102. The number of nitrogens with zero attached hydrogens (tertiary/aromatic N) is 1. The molecule has 0 unspecified atom stereocenters. The molecule has 0 radical (unpaired) electrons. The predicted octanol–water partition coefficient (Wildman–Crippen LogP) is 6.61. The molecule has 0 aliphatic heterocycles. The second-order valence-corrected chi connectivity index (χ2v) is 7.80. The number of aromatic nitrogens is 1. The molecule has 7 heteroatoms. The van der Waals surface area contributed by atoms with Crippen LogP contribution in [0.4, 0.5) is 5.13 Å². The molecule has 0 aliphatic carbocycles. The van der Waals surface area contributed by atoms with Crippen LogP contribution >= 0.6 is 11.3 Å². The van der Waals surface area contributed by atoms with Gasteiger partial charge in [-0.15, -0.1) is 11.3 Å². The SMILES string of the molecule is COc1ccc2cc(-c3csc(NC(=O)c4ccc(Oc5ccccc5)cc4)n3)oc2c1. The number of hydrogen-bond acceptors (Lipinski definition) is 6. The zero-order chi connectivity index (χ0) is 21.9. The maximum atomic E-state index is 12.6. The second-order valence-electron chi connectivity index (χ2n) is 6.95. The van der Waals surface area contributed by atoms with Crippen LogP contribution in [0.1, 0.15) is 10.4 Å². The van der Waals surface area contributed by atoms with Crippen molar-refractivity contribution in [3.8, 4) is 28.7 Å². The molecule has 158 valence electrons. The molecule has 1 N–H and O–H groups in total. The van der Waals surface area contributed by atoms with Gasteiger partial charge in [0.25, 0.3) is 5.91 Å². The monoisotopic (exact) mass is 442 g/mol. The average molecular weight is 442 g/mol. The molecular weight excluding hydrogens is 424 g/mol. The minimum atomic E-state index is -0.244. The lowest BCUT2D eigenvalue weighted by atomic mass is 10.2. The smallest absolute Gasteiger partial charge is 0.257 e. The van der Waals surface area contributed by atoms with Crippen LogP contribution in [-0.2, 0) is 0 Å². The summed E-state index contributed by atoms with van der Waals surface area (Å²) in [4.78, 5) is 17.1. The normalized spacial score (nSPS) is 10.8. The van der Waals surface area contributed by atoms with Crippen LogP contribution in [-0.4, -0.2) is 18.0 Å². The summed E-state index contributed by atoms with van der Waals surface area (Å²) in [5.41, 5.74) is 1.89. The lowest BCUT2D eigenvalue weighted by Gasteiger charge is -2.06. The van der Waals surface area contributed by atoms with Gasteiger partial charge >= 0.3 is 0 Å². The third kappa shape index (κ3) is 4.19. The van der Waals surface area contributed by atoms with Gasteiger partial charge in [0.15, 0.2) is 10.9 Å². The summed E-state index contributed by atoms with van der Waals surface area (Å²) in [6, 6.07) is 24.0. The standard InChI is InChI=1S/C25H18N2O4S/c1-29-20-12-9-17-13-23(31-22(17)14-20)21-15-32-25(26-21)27-24(28)16-7-10-19(11-8-16)30-18-5-3-2-4-6-18/h2-15H,1H3,(H,26,27,28). The van der Waals surface area contributed by atoms with Crippen molar-refractivity contribution in [3.05, 3.63) is 89.8 Å². The van der Waals surface area contributed by atoms with Crippen molar-refractivity contribution in [1.82, 2.24) is 4.98 Å². The minimum Gasteiger partial charge on any atom is -0.497 e. The summed E-state index contributed by atoms with van der Waals surface area (Å²) in [6.07, 6.45) is 0. The summed E-state index contributed by atoms with van der Waals surface area (Å²) < 4.78 is 16.9. The Morgan fingerprint density at radius 3 is 2.47 bits per heavy atom. The van der Waals surface area contributed by atoms with Crippen molar-refractivity contribution in [2.24, 2.45) is 0 Å². The van der Waals surface area contributed by atoms with Crippen LogP contribution in [0.15, 0.2) is 88.7 Å². The van der Waals surface area contributed by atoms with Gasteiger partial charge in [-0.1, -0.05) is 18.2 Å². The summed E-state index contributed by atoms with van der Waals surface area (Å²) in [7, 11) is 1.62. The van der Waals surface area contributed by atoms with E-state index in [-0.39, 0.29) is 5.91 Å². The molecular formula is C25H18N2O4S. The molecule has 5 aromatic rings. The Labute approximate surface area is 188 Å². The third-order valence-corrected chi connectivity index (χ3v) is 5.56. The van der Waals surface area contributed by atoms with E-state index in [2.05, 4.69) is 10.3 Å². The number of nitrogens with one attached hydrogen (secondary N) is 1. The Hall–Kier alpha value is -4.10. The molecule has 0 bridgehead atoms. The van der Waals surface area contributed by atoms with Crippen LogP contribution in [0.5, 0.6) is 17.2 Å². The Balaban J connectivity index is 1.27. The molecule has 2 aromatic heterocycles. The first-order valence-corrected chi connectivity index (χ1v) is 10.7. The van der Waals surface area contributed by atoms with E-state index in [9.17, 15) is 4.79 Å². The molecule has 32 heavy (non-hydrogen) atoms. The number of ether oxygens (including phenoxy) is 2. The van der Waals surface area contributed by atoms with Gasteiger partial charge in [0.1, 0.15) is 28.5 Å². The van der Waals surface area contributed by atoms with Crippen LogP contribution in [0.2, 0.25) is 0 Å². The fourth-order valence-corrected chi connectivity index (χ4v) is 3.87. The Bertz CT molecular complexity index is 1370. The molecule has 5 rings (SSSR count). The lowest BCUT2D eigenvalue weighted by Crippen LogP contribution is -2.11. The van der Waals surface area contributed by atoms with Gasteiger partial charge in [-0.25, -0.2) is 4.98 Å². The molecule has 3 aromatic carbocycles. The van der Waals surface area contributed by atoms with Gasteiger partial charge in [0.05, 0.1) is 7.11 Å². The number of benzene rings is 3. The highest BCUT2D eigenvalue weighted by atomic mass is 32.1. The molecule has 0 atom stereocenters. The van der Waals surface area contributed by atoms with Gasteiger partial charge in [-0.2, -0.15) is 0 Å². The summed E-state index contributed by atoms with van der Waals surface area (Å²) in [6.45, 7) is 0. The van der Waals surface area contributed by atoms with E-state index in [0.29, 0.717) is 27.9 Å². The first-order valence-electron chi connectivity index (χ1n) is 9.86. The number of amides is 1. The van der Waals surface area contributed by atoms with Crippen molar-refractivity contribution in [2.75, 3.05) is 12.4 Å². The maximum absolute atomic E-state index is 12.6. The van der Waals surface area contributed by atoms with Crippen molar-refractivity contribution >= 4 is 33.3 Å². The molecule has 0 aliphatic rings. The summed E-state index contributed by atoms with van der Waals surface area (Å²) >= 11 is 1.34. The highest BCUT2D eigenvalue weighted by Crippen LogP contribution is 2.32. The zero-order valence-electron chi connectivity index (χ0n) is 17.1. The maximum Gasteiger partial charge on any atom is 0.257 e. The van der Waals surface area contributed by atoms with E-state index >= 15 is 0 Å². The fraction of sp³-hybridized carbons (Fsp3) is 0.0400. The Morgan fingerprint density at radius 2 is 1.69 bits per heavy atom. The number of methoxy groups -OCH3 is 1. The van der Waals surface area contributed by atoms with Crippen molar-refractivity contribution in [3.63, 3.8) is 0 Å². The third-order valence-electron chi connectivity index (χ3n) is 4.80. The first-order chi connectivity index (χ1) is 15.7.